The molecule has 0 bridgehead atoms. The van der Waals surface area contributed by atoms with Crippen LogP contribution in [0.15, 0.2) is 42.5 Å². The molecule has 3 N–H and O–H groups in total. The lowest BCUT2D eigenvalue weighted by Crippen LogP contribution is -2.28. The van der Waals surface area contributed by atoms with Crippen molar-refractivity contribution in [3.63, 3.8) is 0 Å². The maximum Gasteiger partial charge on any atom is 0.255 e. The Morgan fingerprint density at radius 1 is 1.29 bits per heavy atom. The summed E-state index contributed by atoms with van der Waals surface area (Å²) in [6.45, 7) is -0.117. The van der Waals surface area contributed by atoms with Gasteiger partial charge in [0.05, 0.1) is 16.7 Å². The Labute approximate surface area is 125 Å². The molecule has 2 aromatic carbocycles. The number of phenolic OH excluding ortho intramolecular Hbond substituents is 1. The van der Waals surface area contributed by atoms with Gasteiger partial charge in [-0.05, 0) is 29.8 Å². The quantitative estimate of drug-likeness (QED) is 0.813. The molecule has 0 saturated carbocycles. The largest absolute Gasteiger partial charge is 0.507 e. The average molecular weight is 310 g/mol. The number of carbonyl (C=O) groups is 1. The van der Waals surface area contributed by atoms with Crippen LogP contribution in [0.3, 0.4) is 0 Å². The molecule has 1 amide bonds. The monoisotopic (exact) mass is 309 g/mol. The predicted octanol–water partition coefficient (Wildman–Crippen LogP) is 2.65. The molecular weight excluding hydrogens is 297 g/mol. The van der Waals surface area contributed by atoms with Crippen LogP contribution in [0.5, 0.6) is 5.75 Å². The third-order valence-corrected chi connectivity index (χ3v) is 3.24. The van der Waals surface area contributed by atoms with E-state index >= 15 is 0 Å². The molecule has 0 spiro atoms. The van der Waals surface area contributed by atoms with Gasteiger partial charge in [0.15, 0.2) is 0 Å². The van der Waals surface area contributed by atoms with Gasteiger partial charge < -0.3 is 15.5 Å². The first-order valence-corrected chi connectivity index (χ1v) is 6.56. The van der Waals surface area contributed by atoms with Gasteiger partial charge in [0.1, 0.15) is 11.6 Å². The molecular formula is C15H13ClFNO3. The second kappa shape index (κ2) is 6.56. The van der Waals surface area contributed by atoms with Crippen molar-refractivity contribution in [1.82, 2.24) is 5.32 Å². The van der Waals surface area contributed by atoms with Crippen molar-refractivity contribution in [3.8, 4) is 5.75 Å². The summed E-state index contributed by atoms with van der Waals surface area (Å²) in [6.07, 6.45) is -1.08. The number of rotatable bonds is 4. The molecule has 1 unspecified atom stereocenters. The summed E-state index contributed by atoms with van der Waals surface area (Å²) in [6, 6.07) is 9.97. The number of aromatic hydroxyl groups is 1. The second-order valence-electron chi connectivity index (χ2n) is 4.42. The highest BCUT2D eigenvalue weighted by Gasteiger charge is 2.14. The molecule has 0 aromatic heterocycles. The highest BCUT2D eigenvalue weighted by Crippen LogP contribution is 2.20. The van der Waals surface area contributed by atoms with Crippen LogP contribution in [-0.2, 0) is 0 Å². The Morgan fingerprint density at radius 2 is 2.00 bits per heavy atom. The minimum Gasteiger partial charge on any atom is -0.507 e. The number of hydrogen-bond donors (Lipinski definition) is 3. The van der Waals surface area contributed by atoms with Crippen molar-refractivity contribution in [1.29, 1.82) is 0 Å². The lowest BCUT2D eigenvalue weighted by Gasteiger charge is -2.13. The molecule has 0 fully saturated rings. The van der Waals surface area contributed by atoms with Gasteiger partial charge in [0, 0.05) is 6.54 Å². The van der Waals surface area contributed by atoms with E-state index in [0.29, 0.717) is 5.56 Å². The van der Waals surface area contributed by atoms with E-state index in [9.17, 15) is 19.4 Å². The van der Waals surface area contributed by atoms with Crippen LogP contribution >= 0.6 is 11.6 Å². The standard InChI is InChI=1S/C15H13ClFNO3/c16-11-6-5-9(7-12(11)17)14(20)8-18-15(21)10-3-1-2-4-13(10)19/h1-7,14,19-20H,8H2,(H,18,21). The van der Waals surface area contributed by atoms with Crippen molar-refractivity contribution in [2.24, 2.45) is 0 Å². The smallest absolute Gasteiger partial charge is 0.255 e. The van der Waals surface area contributed by atoms with Crippen molar-refractivity contribution >= 4 is 17.5 Å². The van der Waals surface area contributed by atoms with Gasteiger partial charge in [-0.15, -0.1) is 0 Å². The SMILES string of the molecule is O=C(NCC(O)c1ccc(Cl)c(F)c1)c1ccccc1O. The third-order valence-electron chi connectivity index (χ3n) is 2.93. The highest BCUT2D eigenvalue weighted by atomic mass is 35.5. The molecule has 110 valence electrons. The van der Waals surface area contributed by atoms with Crippen LogP contribution in [0.25, 0.3) is 0 Å². The number of aliphatic hydroxyl groups excluding tert-OH is 1. The van der Waals surface area contributed by atoms with Gasteiger partial charge in [-0.3, -0.25) is 4.79 Å². The minimum absolute atomic E-state index is 0.0378. The van der Waals surface area contributed by atoms with Gasteiger partial charge in [-0.2, -0.15) is 0 Å². The summed E-state index contributed by atoms with van der Waals surface area (Å²) in [4.78, 5) is 11.8. The Kier molecular flexibility index (Phi) is 4.77. The molecule has 0 aliphatic heterocycles. The molecule has 2 rings (SSSR count). The fourth-order valence-corrected chi connectivity index (χ4v) is 1.91. The van der Waals surface area contributed by atoms with Crippen LogP contribution < -0.4 is 5.32 Å². The minimum atomic E-state index is -1.08. The lowest BCUT2D eigenvalue weighted by molar-refractivity contribution is 0.0913. The summed E-state index contributed by atoms with van der Waals surface area (Å²) >= 11 is 5.56. The number of phenols is 1. The Hall–Kier alpha value is -2.11. The molecule has 4 nitrogen and oxygen atoms in total. The summed E-state index contributed by atoms with van der Waals surface area (Å²) in [7, 11) is 0. The zero-order valence-corrected chi connectivity index (χ0v) is 11.6. The molecule has 0 aliphatic carbocycles. The van der Waals surface area contributed by atoms with E-state index < -0.39 is 17.8 Å². The van der Waals surface area contributed by atoms with Crippen LogP contribution in [0, 0.1) is 5.82 Å². The van der Waals surface area contributed by atoms with E-state index in [-0.39, 0.29) is 22.9 Å². The fourth-order valence-electron chi connectivity index (χ4n) is 1.79. The van der Waals surface area contributed by atoms with E-state index in [0.717, 1.165) is 6.07 Å². The summed E-state index contributed by atoms with van der Waals surface area (Å²) in [5.41, 5.74) is 0.404. The predicted molar refractivity (Wildman–Crippen MR) is 76.8 cm³/mol. The van der Waals surface area contributed by atoms with E-state index in [1.54, 1.807) is 12.1 Å². The molecule has 1 atom stereocenters. The lowest BCUT2D eigenvalue weighted by atomic mass is 10.1. The molecule has 0 heterocycles. The molecule has 21 heavy (non-hydrogen) atoms. The summed E-state index contributed by atoms with van der Waals surface area (Å²) in [5, 5.41) is 21.9. The van der Waals surface area contributed by atoms with Crippen LogP contribution in [-0.4, -0.2) is 22.7 Å². The zero-order valence-electron chi connectivity index (χ0n) is 10.9. The molecule has 6 heteroatoms. The Morgan fingerprint density at radius 3 is 2.67 bits per heavy atom. The normalized spacial score (nSPS) is 12.0. The number of benzene rings is 2. The molecule has 0 saturated heterocycles. The van der Waals surface area contributed by atoms with Gasteiger partial charge in [0.25, 0.3) is 5.91 Å². The first kappa shape index (κ1) is 15.3. The third kappa shape index (κ3) is 3.71. The second-order valence-corrected chi connectivity index (χ2v) is 4.82. The van der Waals surface area contributed by atoms with Gasteiger partial charge in [-0.1, -0.05) is 29.8 Å². The van der Waals surface area contributed by atoms with Crippen LogP contribution in [0.4, 0.5) is 4.39 Å². The highest BCUT2D eigenvalue weighted by molar-refractivity contribution is 6.30. The number of carbonyl (C=O) groups excluding carboxylic acids is 1. The van der Waals surface area contributed by atoms with E-state index in [2.05, 4.69) is 5.32 Å². The number of halogens is 2. The summed E-state index contributed by atoms with van der Waals surface area (Å²) < 4.78 is 13.3. The first-order chi connectivity index (χ1) is 9.99. The zero-order chi connectivity index (χ0) is 15.4. The number of nitrogens with one attached hydrogen (secondary N) is 1. The van der Waals surface area contributed by atoms with Gasteiger partial charge in [0.2, 0.25) is 0 Å². The number of para-hydroxylation sites is 1. The van der Waals surface area contributed by atoms with Crippen molar-refractivity contribution in [3.05, 3.63) is 64.4 Å². The average Bonchev–Trinajstić information content (AvgIpc) is 2.47. The number of amides is 1. The van der Waals surface area contributed by atoms with Crippen molar-refractivity contribution in [2.45, 2.75) is 6.10 Å². The Bertz CT molecular complexity index is 663. The topological polar surface area (TPSA) is 69.6 Å². The number of aliphatic hydroxyl groups is 1. The summed E-state index contributed by atoms with van der Waals surface area (Å²) in [5.74, 6) is -1.32. The van der Waals surface area contributed by atoms with Crippen LogP contribution in [0.1, 0.15) is 22.0 Å². The fraction of sp³-hybridized carbons (Fsp3) is 0.133. The number of hydrogen-bond acceptors (Lipinski definition) is 3. The maximum atomic E-state index is 13.3. The molecule has 0 aliphatic rings. The van der Waals surface area contributed by atoms with Crippen molar-refractivity contribution in [2.75, 3.05) is 6.54 Å². The van der Waals surface area contributed by atoms with E-state index in [1.807, 2.05) is 0 Å². The Balaban J connectivity index is 2.01. The van der Waals surface area contributed by atoms with Gasteiger partial charge in [-0.25, -0.2) is 4.39 Å². The first-order valence-electron chi connectivity index (χ1n) is 6.18. The molecule has 0 radical (unpaired) electrons. The van der Waals surface area contributed by atoms with E-state index in [1.165, 1.54) is 24.3 Å². The van der Waals surface area contributed by atoms with Crippen molar-refractivity contribution < 1.29 is 19.4 Å². The van der Waals surface area contributed by atoms with Crippen LogP contribution in [0.2, 0.25) is 5.02 Å². The maximum absolute atomic E-state index is 13.3. The van der Waals surface area contributed by atoms with E-state index in [4.69, 9.17) is 11.6 Å². The molecule has 2 aromatic rings. The van der Waals surface area contributed by atoms with Gasteiger partial charge >= 0.3 is 0 Å².